The van der Waals surface area contributed by atoms with E-state index in [0.29, 0.717) is 6.54 Å². The van der Waals surface area contributed by atoms with E-state index < -0.39 is 10.0 Å². The molecule has 90 valence electrons. The minimum Gasteiger partial charge on any atom is -0.212 e. The quantitative estimate of drug-likeness (QED) is 0.877. The van der Waals surface area contributed by atoms with E-state index >= 15 is 0 Å². The van der Waals surface area contributed by atoms with E-state index in [2.05, 4.69) is 17.7 Å². The molecule has 0 radical (unpaired) electrons. The molecule has 0 bridgehead atoms. The largest absolute Gasteiger partial charge is 0.212 e. The Kier molecular flexibility index (Phi) is 4.10. The van der Waals surface area contributed by atoms with Gasteiger partial charge in [-0.2, -0.15) is 0 Å². The second kappa shape index (κ2) is 4.97. The molecule has 0 aliphatic carbocycles. The number of sulfonamides is 1. The molecule has 0 aliphatic rings. The highest BCUT2D eigenvalue weighted by atomic mass is 32.2. The first-order valence-electron chi connectivity index (χ1n) is 5.40. The van der Waals surface area contributed by atoms with Crippen molar-refractivity contribution in [1.82, 2.24) is 4.72 Å². The zero-order valence-electron chi connectivity index (χ0n) is 10.3. The lowest BCUT2D eigenvalue weighted by Gasteiger charge is -2.10. The van der Waals surface area contributed by atoms with Gasteiger partial charge in [0.25, 0.3) is 0 Å². The van der Waals surface area contributed by atoms with Crippen molar-refractivity contribution in [2.24, 2.45) is 0 Å². The molecule has 0 aliphatic heterocycles. The highest BCUT2D eigenvalue weighted by molar-refractivity contribution is 7.89. The molecule has 0 saturated carbocycles. The van der Waals surface area contributed by atoms with E-state index in [1.165, 1.54) is 11.1 Å². The predicted molar refractivity (Wildman–Crippen MR) is 67.0 cm³/mol. The van der Waals surface area contributed by atoms with E-state index in [1.54, 1.807) is 6.92 Å². The van der Waals surface area contributed by atoms with Gasteiger partial charge in [-0.15, -0.1) is 0 Å². The number of aryl methyl sites for hydroxylation is 3. The molecule has 3 nitrogen and oxygen atoms in total. The van der Waals surface area contributed by atoms with Crippen LogP contribution in [0.2, 0.25) is 0 Å². The molecule has 4 heteroatoms. The first kappa shape index (κ1) is 13.2. The Labute approximate surface area is 97.9 Å². The van der Waals surface area contributed by atoms with Crippen LogP contribution in [0, 0.1) is 20.8 Å². The van der Waals surface area contributed by atoms with Crippen molar-refractivity contribution in [2.75, 3.05) is 5.75 Å². The van der Waals surface area contributed by atoms with E-state index in [4.69, 9.17) is 0 Å². The fraction of sp³-hybridized carbons (Fsp3) is 0.500. The zero-order valence-corrected chi connectivity index (χ0v) is 11.1. The summed E-state index contributed by atoms with van der Waals surface area (Å²) in [6, 6.07) is 4.13. The maximum absolute atomic E-state index is 11.3. The standard InChI is InChI=1S/C12H19NO2S/c1-5-16(14,15)13-8-12-7-10(3)9(2)6-11(12)4/h6-7,13H,5,8H2,1-4H3. The van der Waals surface area contributed by atoms with Crippen LogP contribution >= 0.6 is 0 Å². The van der Waals surface area contributed by atoms with Gasteiger partial charge >= 0.3 is 0 Å². The Morgan fingerprint density at radius 3 is 2.19 bits per heavy atom. The molecule has 16 heavy (non-hydrogen) atoms. The monoisotopic (exact) mass is 241 g/mol. The van der Waals surface area contributed by atoms with Crippen molar-refractivity contribution in [3.8, 4) is 0 Å². The Morgan fingerprint density at radius 2 is 1.62 bits per heavy atom. The van der Waals surface area contributed by atoms with Gasteiger partial charge in [0.1, 0.15) is 0 Å². The molecule has 0 atom stereocenters. The molecule has 1 aromatic carbocycles. The summed E-state index contributed by atoms with van der Waals surface area (Å²) >= 11 is 0. The maximum Gasteiger partial charge on any atom is 0.211 e. The summed E-state index contributed by atoms with van der Waals surface area (Å²) in [5.41, 5.74) is 4.60. The van der Waals surface area contributed by atoms with Crippen molar-refractivity contribution in [3.63, 3.8) is 0 Å². The normalized spacial score (nSPS) is 11.8. The Hall–Kier alpha value is -0.870. The molecular weight excluding hydrogens is 222 g/mol. The smallest absolute Gasteiger partial charge is 0.211 e. The second-order valence-corrected chi connectivity index (χ2v) is 6.18. The van der Waals surface area contributed by atoms with Crippen molar-refractivity contribution < 1.29 is 8.42 Å². The molecular formula is C12H19NO2S. The van der Waals surface area contributed by atoms with Crippen LogP contribution in [0.15, 0.2) is 12.1 Å². The lowest BCUT2D eigenvalue weighted by Crippen LogP contribution is -2.25. The molecule has 0 aromatic heterocycles. The van der Waals surface area contributed by atoms with Crippen LogP contribution in [-0.4, -0.2) is 14.2 Å². The molecule has 0 saturated heterocycles. The molecule has 1 rings (SSSR count). The van der Waals surface area contributed by atoms with Gasteiger partial charge in [-0.25, -0.2) is 13.1 Å². The molecule has 0 spiro atoms. The number of rotatable bonds is 4. The predicted octanol–water partition coefficient (Wildman–Crippen LogP) is 2.05. The summed E-state index contributed by atoms with van der Waals surface area (Å²) in [6.07, 6.45) is 0. The average Bonchev–Trinajstić information content (AvgIpc) is 2.22. The minimum absolute atomic E-state index is 0.122. The number of hydrogen-bond donors (Lipinski definition) is 1. The van der Waals surface area contributed by atoms with Crippen LogP contribution in [0.1, 0.15) is 29.2 Å². The molecule has 0 unspecified atom stereocenters. The van der Waals surface area contributed by atoms with Crippen LogP contribution < -0.4 is 4.72 Å². The Bertz CT molecular complexity index is 478. The van der Waals surface area contributed by atoms with E-state index in [0.717, 1.165) is 11.1 Å². The molecule has 1 aromatic rings. The summed E-state index contributed by atoms with van der Waals surface area (Å²) in [5, 5.41) is 0. The minimum atomic E-state index is -3.11. The highest BCUT2D eigenvalue weighted by Gasteiger charge is 2.08. The zero-order chi connectivity index (χ0) is 12.3. The van der Waals surface area contributed by atoms with E-state index in [-0.39, 0.29) is 5.75 Å². The van der Waals surface area contributed by atoms with Gasteiger partial charge in [0.2, 0.25) is 10.0 Å². The van der Waals surface area contributed by atoms with Gasteiger partial charge in [-0.1, -0.05) is 12.1 Å². The summed E-state index contributed by atoms with van der Waals surface area (Å²) in [6.45, 7) is 8.11. The summed E-state index contributed by atoms with van der Waals surface area (Å²) in [5.74, 6) is 0.122. The fourth-order valence-electron chi connectivity index (χ4n) is 1.50. The van der Waals surface area contributed by atoms with Gasteiger partial charge in [-0.05, 0) is 49.9 Å². The van der Waals surface area contributed by atoms with Gasteiger partial charge in [-0.3, -0.25) is 0 Å². The van der Waals surface area contributed by atoms with Crippen molar-refractivity contribution in [1.29, 1.82) is 0 Å². The number of hydrogen-bond acceptors (Lipinski definition) is 2. The van der Waals surface area contributed by atoms with Gasteiger partial charge in [0.15, 0.2) is 0 Å². The third-order valence-electron chi connectivity index (χ3n) is 2.81. The number of nitrogens with one attached hydrogen (secondary N) is 1. The first-order valence-corrected chi connectivity index (χ1v) is 7.05. The van der Waals surface area contributed by atoms with Crippen LogP contribution in [-0.2, 0) is 16.6 Å². The number of benzene rings is 1. The van der Waals surface area contributed by atoms with Gasteiger partial charge in [0.05, 0.1) is 5.75 Å². The first-order chi connectivity index (χ1) is 7.35. The Balaban J connectivity index is 2.87. The lowest BCUT2D eigenvalue weighted by molar-refractivity contribution is 0.582. The lowest BCUT2D eigenvalue weighted by atomic mass is 10.0. The van der Waals surface area contributed by atoms with Crippen LogP contribution in [0.25, 0.3) is 0 Å². The molecule has 1 N–H and O–H groups in total. The van der Waals surface area contributed by atoms with Gasteiger partial charge in [0, 0.05) is 6.54 Å². The second-order valence-electron chi connectivity index (χ2n) is 4.09. The van der Waals surface area contributed by atoms with Crippen molar-refractivity contribution >= 4 is 10.0 Å². The van der Waals surface area contributed by atoms with Crippen molar-refractivity contribution in [2.45, 2.75) is 34.2 Å². The average molecular weight is 241 g/mol. The summed E-state index contributed by atoms with van der Waals surface area (Å²) < 4.78 is 25.2. The molecule has 0 fully saturated rings. The van der Waals surface area contributed by atoms with E-state index in [9.17, 15) is 8.42 Å². The molecule has 0 heterocycles. The summed E-state index contributed by atoms with van der Waals surface area (Å²) in [4.78, 5) is 0. The van der Waals surface area contributed by atoms with Crippen molar-refractivity contribution in [3.05, 3.63) is 34.4 Å². The van der Waals surface area contributed by atoms with E-state index in [1.807, 2.05) is 19.9 Å². The van der Waals surface area contributed by atoms with Crippen LogP contribution in [0.3, 0.4) is 0 Å². The third-order valence-corrected chi connectivity index (χ3v) is 4.16. The summed E-state index contributed by atoms with van der Waals surface area (Å²) in [7, 11) is -3.11. The Morgan fingerprint density at radius 1 is 1.06 bits per heavy atom. The topological polar surface area (TPSA) is 46.2 Å². The third kappa shape index (κ3) is 3.32. The van der Waals surface area contributed by atoms with Crippen LogP contribution in [0.4, 0.5) is 0 Å². The highest BCUT2D eigenvalue weighted by Crippen LogP contribution is 2.15. The maximum atomic E-state index is 11.3. The fourth-order valence-corrected chi connectivity index (χ4v) is 2.08. The molecule has 0 amide bonds. The van der Waals surface area contributed by atoms with Gasteiger partial charge < -0.3 is 0 Å². The SMILES string of the molecule is CCS(=O)(=O)NCc1cc(C)c(C)cc1C. The van der Waals surface area contributed by atoms with Crippen LogP contribution in [0.5, 0.6) is 0 Å².